The molecule has 132 valence electrons. The number of likely N-dealkylation sites (N-methyl/N-ethyl adjacent to an activating group) is 1. The number of rotatable bonds is 7. The molecule has 2 rings (SSSR count). The summed E-state index contributed by atoms with van der Waals surface area (Å²) in [6, 6.07) is 6.01. The van der Waals surface area contributed by atoms with Crippen LogP contribution in [0.15, 0.2) is 24.4 Å². The minimum Gasteiger partial charge on any atom is -0.439 e. The Morgan fingerprint density at radius 1 is 1.33 bits per heavy atom. The fourth-order valence-corrected chi connectivity index (χ4v) is 2.79. The molecule has 2 amide bonds. The van der Waals surface area contributed by atoms with Crippen molar-refractivity contribution in [3.63, 3.8) is 0 Å². The number of carbonyl (C=O) groups is 2. The molecule has 7 nitrogen and oxygen atoms in total. The quantitative estimate of drug-likeness (QED) is 0.782. The van der Waals surface area contributed by atoms with Gasteiger partial charge in [-0.2, -0.15) is 0 Å². The van der Waals surface area contributed by atoms with Gasteiger partial charge in [-0.1, -0.05) is 6.07 Å². The maximum Gasteiger partial charge on any atom is 0.407 e. The number of hydrogen-bond acceptors (Lipinski definition) is 5. The molecule has 1 aromatic rings. The third-order valence-electron chi connectivity index (χ3n) is 4.25. The fourth-order valence-electron chi connectivity index (χ4n) is 2.79. The molecule has 24 heavy (non-hydrogen) atoms. The molecule has 0 unspecified atom stereocenters. The van der Waals surface area contributed by atoms with Crippen LogP contribution in [0.1, 0.15) is 25.0 Å². The van der Waals surface area contributed by atoms with E-state index in [1.807, 2.05) is 18.3 Å². The number of alkyl carbamates (subject to hydrolysis) is 1. The van der Waals surface area contributed by atoms with Crippen LogP contribution in [0, 0.1) is 5.92 Å². The summed E-state index contributed by atoms with van der Waals surface area (Å²) in [5.41, 5.74) is 1.11. The molecule has 0 saturated carbocycles. The maximum atomic E-state index is 11.4. The number of piperidine rings is 1. The maximum absolute atomic E-state index is 11.4. The van der Waals surface area contributed by atoms with E-state index in [-0.39, 0.29) is 12.5 Å². The Kier molecular flexibility index (Phi) is 7.48. The smallest absolute Gasteiger partial charge is 0.407 e. The highest BCUT2D eigenvalue weighted by atomic mass is 16.6. The molecule has 2 N–H and O–H groups in total. The Balaban J connectivity index is 1.56. The Morgan fingerprint density at radius 2 is 2.12 bits per heavy atom. The van der Waals surface area contributed by atoms with Crippen molar-refractivity contribution >= 4 is 12.0 Å². The van der Waals surface area contributed by atoms with Crippen molar-refractivity contribution in [3.05, 3.63) is 30.1 Å². The fraction of sp³-hybridized carbons (Fsp3) is 0.588. The predicted molar refractivity (Wildman–Crippen MR) is 90.3 cm³/mol. The van der Waals surface area contributed by atoms with Crippen LogP contribution in [0.25, 0.3) is 0 Å². The van der Waals surface area contributed by atoms with E-state index < -0.39 is 6.09 Å². The number of nitrogens with zero attached hydrogens (tertiary/aromatic N) is 2. The summed E-state index contributed by atoms with van der Waals surface area (Å²) >= 11 is 0. The van der Waals surface area contributed by atoms with Crippen LogP contribution in [0.4, 0.5) is 4.79 Å². The minimum atomic E-state index is -0.536. The molecule has 1 saturated heterocycles. The van der Waals surface area contributed by atoms with Gasteiger partial charge in [-0.25, -0.2) is 4.79 Å². The zero-order valence-corrected chi connectivity index (χ0v) is 14.2. The highest BCUT2D eigenvalue weighted by Crippen LogP contribution is 2.21. The van der Waals surface area contributed by atoms with Gasteiger partial charge in [-0.05, 0) is 50.4 Å². The Hall–Kier alpha value is -2.15. The Labute approximate surface area is 142 Å². The third-order valence-corrected chi connectivity index (χ3v) is 4.25. The van der Waals surface area contributed by atoms with Gasteiger partial charge < -0.3 is 15.4 Å². The van der Waals surface area contributed by atoms with E-state index in [0.29, 0.717) is 12.5 Å². The molecule has 0 atom stereocenters. The topological polar surface area (TPSA) is 83.6 Å². The molecule has 1 aliphatic heterocycles. The van der Waals surface area contributed by atoms with Gasteiger partial charge >= 0.3 is 6.09 Å². The van der Waals surface area contributed by atoms with E-state index in [9.17, 15) is 9.59 Å². The molecule has 1 aliphatic rings. The highest BCUT2D eigenvalue weighted by Gasteiger charge is 2.19. The first kappa shape index (κ1) is 18.2. The van der Waals surface area contributed by atoms with Gasteiger partial charge in [-0.3, -0.25) is 14.7 Å². The van der Waals surface area contributed by atoms with Crippen molar-refractivity contribution in [2.75, 3.05) is 33.3 Å². The van der Waals surface area contributed by atoms with Gasteiger partial charge in [0.2, 0.25) is 0 Å². The van der Waals surface area contributed by atoms with Crippen LogP contribution in [0.3, 0.4) is 0 Å². The minimum absolute atomic E-state index is 0.242. The van der Waals surface area contributed by atoms with E-state index in [0.717, 1.165) is 44.6 Å². The van der Waals surface area contributed by atoms with Crippen LogP contribution < -0.4 is 10.6 Å². The van der Waals surface area contributed by atoms with Crippen LogP contribution in [0.2, 0.25) is 0 Å². The number of ether oxygens (including phenoxy) is 1. The number of amides is 2. The first-order valence-corrected chi connectivity index (χ1v) is 8.41. The lowest BCUT2D eigenvalue weighted by atomic mass is 9.93. The van der Waals surface area contributed by atoms with Crippen molar-refractivity contribution in [2.24, 2.45) is 5.92 Å². The average Bonchev–Trinajstić information content (AvgIpc) is 2.62. The molecule has 0 radical (unpaired) electrons. The van der Waals surface area contributed by atoms with Crippen LogP contribution in [-0.4, -0.2) is 55.2 Å². The van der Waals surface area contributed by atoms with Gasteiger partial charge in [0, 0.05) is 26.3 Å². The van der Waals surface area contributed by atoms with Crippen molar-refractivity contribution in [2.45, 2.75) is 25.8 Å². The highest BCUT2D eigenvalue weighted by molar-refractivity contribution is 5.79. The molecule has 1 aromatic heterocycles. The second kappa shape index (κ2) is 9.87. The monoisotopic (exact) mass is 334 g/mol. The molecule has 2 heterocycles. The Bertz CT molecular complexity index is 516. The van der Waals surface area contributed by atoms with Gasteiger partial charge in [0.1, 0.15) is 0 Å². The molecule has 0 bridgehead atoms. The van der Waals surface area contributed by atoms with E-state index in [1.165, 1.54) is 7.05 Å². The average molecular weight is 334 g/mol. The van der Waals surface area contributed by atoms with Gasteiger partial charge in [0.25, 0.3) is 5.91 Å². The summed E-state index contributed by atoms with van der Waals surface area (Å²) in [7, 11) is 1.50. The van der Waals surface area contributed by atoms with Gasteiger partial charge in [0.15, 0.2) is 6.61 Å². The largest absolute Gasteiger partial charge is 0.439 e. The molecule has 0 aromatic carbocycles. The van der Waals surface area contributed by atoms with E-state index in [2.05, 4.69) is 26.6 Å². The molecule has 1 fully saturated rings. The summed E-state index contributed by atoms with van der Waals surface area (Å²) in [6.07, 6.45) is 4.48. The summed E-state index contributed by atoms with van der Waals surface area (Å²) in [6.45, 7) is 3.36. The number of aromatic nitrogens is 1. The molecular weight excluding hydrogens is 308 g/mol. The lowest BCUT2D eigenvalue weighted by molar-refractivity contribution is -0.123. The van der Waals surface area contributed by atoms with Crippen molar-refractivity contribution in [3.8, 4) is 0 Å². The SMILES string of the molecule is CNC(=O)COC(=O)NCCC1CCN(Cc2ccccn2)CC1. The molecular formula is C17H26N4O3. The third kappa shape index (κ3) is 6.54. The summed E-state index contributed by atoms with van der Waals surface area (Å²) in [5, 5.41) is 5.09. The lowest BCUT2D eigenvalue weighted by Crippen LogP contribution is -2.35. The van der Waals surface area contributed by atoms with Crippen molar-refractivity contribution < 1.29 is 14.3 Å². The number of nitrogens with one attached hydrogen (secondary N) is 2. The number of pyridine rings is 1. The first-order valence-electron chi connectivity index (χ1n) is 8.41. The first-order chi connectivity index (χ1) is 11.7. The zero-order valence-electron chi connectivity index (χ0n) is 14.2. The number of carbonyl (C=O) groups excluding carboxylic acids is 2. The molecule has 0 aliphatic carbocycles. The zero-order chi connectivity index (χ0) is 17.2. The standard InChI is InChI=1S/C17H26N4O3/c1-18-16(22)13-24-17(23)20-9-5-14-6-10-21(11-7-14)12-15-4-2-3-8-19-15/h2-4,8,14H,5-7,9-13H2,1H3,(H,18,22)(H,20,23). The van der Waals surface area contributed by atoms with Crippen molar-refractivity contribution in [1.29, 1.82) is 0 Å². The number of likely N-dealkylation sites (tertiary alicyclic amines) is 1. The molecule has 7 heteroatoms. The van der Waals surface area contributed by atoms with Crippen molar-refractivity contribution in [1.82, 2.24) is 20.5 Å². The lowest BCUT2D eigenvalue weighted by Gasteiger charge is -2.31. The van der Waals surface area contributed by atoms with Crippen LogP contribution >= 0.6 is 0 Å². The summed E-state index contributed by atoms with van der Waals surface area (Å²) < 4.78 is 4.79. The van der Waals surface area contributed by atoms with E-state index >= 15 is 0 Å². The number of hydrogen-bond donors (Lipinski definition) is 2. The Morgan fingerprint density at radius 3 is 2.79 bits per heavy atom. The van der Waals surface area contributed by atoms with Gasteiger partial charge in [0.05, 0.1) is 5.69 Å². The van der Waals surface area contributed by atoms with E-state index in [1.54, 1.807) is 0 Å². The summed E-state index contributed by atoms with van der Waals surface area (Å²) in [5.74, 6) is 0.301. The predicted octanol–water partition coefficient (Wildman–Crippen LogP) is 1.16. The van der Waals surface area contributed by atoms with E-state index in [4.69, 9.17) is 4.74 Å². The normalized spacial score (nSPS) is 15.7. The summed E-state index contributed by atoms with van der Waals surface area (Å²) in [4.78, 5) is 29.2. The van der Waals surface area contributed by atoms with Crippen LogP contribution in [0.5, 0.6) is 0 Å². The second-order valence-corrected chi connectivity index (χ2v) is 6.01. The molecule has 0 spiro atoms. The second-order valence-electron chi connectivity index (χ2n) is 6.01. The van der Waals surface area contributed by atoms with Gasteiger partial charge in [-0.15, -0.1) is 0 Å². The van der Waals surface area contributed by atoms with Crippen LogP contribution in [-0.2, 0) is 16.1 Å².